The Labute approximate surface area is 172 Å². The number of aryl methyl sites for hydroxylation is 1. The SMILES string of the molecule is Cc1sc(NC(=O)c2ccco2)nc1-c1ccc2c(c1)C[C@@H](C)N2C(=O)C1CC1. The lowest BCUT2D eigenvalue weighted by Gasteiger charge is -2.22. The molecule has 1 atom stereocenters. The highest BCUT2D eigenvalue weighted by Crippen LogP contribution is 2.41. The standard InChI is InChI=1S/C22H21N3O3S/c1-12-10-16-11-15(7-8-17(16)25(12)21(27)14-5-6-14)19-13(2)29-22(23-19)24-20(26)18-4-3-9-28-18/h3-4,7-9,11-12,14H,5-6,10H2,1-2H3,(H,23,24,26)/t12-/m1/s1. The first-order valence-electron chi connectivity index (χ1n) is 9.80. The van der Waals surface area contributed by atoms with Gasteiger partial charge in [0.1, 0.15) is 0 Å². The van der Waals surface area contributed by atoms with Crippen LogP contribution in [0.5, 0.6) is 0 Å². The van der Waals surface area contributed by atoms with Crippen molar-refractivity contribution in [2.45, 2.75) is 39.2 Å². The van der Waals surface area contributed by atoms with Crippen LogP contribution in [0.25, 0.3) is 11.3 Å². The van der Waals surface area contributed by atoms with Crippen LogP contribution < -0.4 is 10.2 Å². The molecule has 1 aliphatic heterocycles. The van der Waals surface area contributed by atoms with Gasteiger partial charge in [0.05, 0.1) is 12.0 Å². The Balaban J connectivity index is 1.41. The maximum absolute atomic E-state index is 12.7. The molecular weight excluding hydrogens is 386 g/mol. The van der Waals surface area contributed by atoms with E-state index in [4.69, 9.17) is 4.42 Å². The number of carbonyl (C=O) groups is 2. The number of aromatic nitrogens is 1. The molecule has 3 heterocycles. The van der Waals surface area contributed by atoms with Crippen LogP contribution in [0, 0.1) is 12.8 Å². The van der Waals surface area contributed by atoms with Crippen LogP contribution in [-0.4, -0.2) is 22.8 Å². The minimum Gasteiger partial charge on any atom is -0.459 e. The van der Waals surface area contributed by atoms with Gasteiger partial charge in [-0.2, -0.15) is 0 Å². The smallest absolute Gasteiger partial charge is 0.293 e. The third-order valence-corrected chi connectivity index (χ3v) is 6.38. The molecule has 1 fully saturated rings. The van der Waals surface area contributed by atoms with Crippen molar-refractivity contribution in [2.75, 3.05) is 10.2 Å². The van der Waals surface area contributed by atoms with Gasteiger partial charge in [-0.3, -0.25) is 14.9 Å². The average molecular weight is 407 g/mol. The van der Waals surface area contributed by atoms with Crippen LogP contribution in [0.15, 0.2) is 41.0 Å². The van der Waals surface area contributed by atoms with Gasteiger partial charge in [0.2, 0.25) is 5.91 Å². The topological polar surface area (TPSA) is 75.4 Å². The molecule has 6 nitrogen and oxygen atoms in total. The molecule has 1 saturated carbocycles. The van der Waals surface area contributed by atoms with Crippen molar-refractivity contribution in [1.82, 2.24) is 4.98 Å². The van der Waals surface area contributed by atoms with E-state index in [0.29, 0.717) is 5.13 Å². The van der Waals surface area contributed by atoms with E-state index in [1.165, 1.54) is 23.2 Å². The van der Waals surface area contributed by atoms with Crippen molar-refractivity contribution in [2.24, 2.45) is 5.92 Å². The fourth-order valence-electron chi connectivity index (χ4n) is 3.93. The summed E-state index contributed by atoms with van der Waals surface area (Å²) in [6, 6.07) is 9.67. The Bertz CT molecular complexity index is 1100. The zero-order valence-corrected chi connectivity index (χ0v) is 17.1. The largest absolute Gasteiger partial charge is 0.459 e. The lowest BCUT2D eigenvalue weighted by molar-refractivity contribution is -0.120. The first-order valence-corrected chi connectivity index (χ1v) is 10.6. The normalized spacial score (nSPS) is 18.0. The maximum atomic E-state index is 12.7. The number of anilines is 2. The fourth-order valence-corrected chi connectivity index (χ4v) is 4.76. The van der Waals surface area contributed by atoms with Crippen molar-refractivity contribution in [3.63, 3.8) is 0 Å². The summed E-state index contributed by atoms with van der Waals surface area (Å²) >= 11 is 1.44. The average Bonchev–Trinajstić information content (AvgIpc) is 3.11. The molecule has 1 aliphatic carbocycles. The predicted molar refractivity (Wildman–Crippen MR) is 112 cm³/mol. The Kier molecular flexibility index (Phi) is 4.28. The molecule has 5 rings (SSSR count). The molecule has 148 valence electrons. The number of nitrogens with one attached hydrogen (secondary N) is 1. The number of benzene rings is 1. The van der Waals surface area contributed by atoms with E-state index < -0.39 is 0 Å². The third kappa shape index (κ3) is 3.25. The quantitative estimate of drug-likeness (QED) is 0.683. The maximum Gasteiger partial charge on any atom is 0.293 e. The zero-order valence-electron chi connectivity index (χ0n) is 16.3. The summed E-state index contributed by atoms with van der Waals surface area (Å²) in [7, 11) is 0. The van der Waals surface area contributed by atoms with E-state index in [9.17, 15) is 9.59 Å². The molecule has 1 N–H and O–H groups in total. The fraction of sp³-hybridized carbons (Fsp3) is 0.318. The summed E-state index contributed by atoms with van der Waals surface area (Å²) in [6.07, 6.45) is 4.35. The van der Waals surface area contributed by atoms with E-state index in [1.54, 1.807) is 12.1 Å². The Morgan fingerprint density at radius 1 is 1.28 bits per heavy atom. The Morgan fingerprint density at radius 2 is 2.10 bits per heavy atom. The number of carbonyl (C=O) groups excluding carboxylic acids is 2. The number of thiazole rings is 1. The molecule has 0 spiro atoms. The number of amides is 2. The molecule has 2 aliphatic rings. The van der Waals surface area contributed by atoms with E-state index in [0.717, 1.165) is 41.1 Å². The Hall–Kier alpha value is -2.93. The number of fused-ring (bicyclic) bond motifs is 1. The van der Waals surface area contributed by atoms with Gasteiger partial charge in [0.15, 0.2) is 10.9 Å². The van der Waals surface area contributed by atoms with Gasteiger partial charge in [-0.15, -0.1) is 11.3 Å². The van der Waals surface area contributed by atoms with Gasteiger partial charge in [0.25, 0.3) is 5.91 Å². The zero-order chi connectivity index (χ0) is 20.1. The van der Waals surface area contributed by atoms with Crippen molar-refractivity contribution in [1.29, 1.82) is 0 Å². The van der Waals surface area contributed by atoms with Gasteiger partial charge < -0.3 is 9.32 Å². The van der Waals surface area contributed by atoms with E-state index >= 15 is 0 Å². The molecule has 0 saturated heterocycles. The number of hydrogen-bond acceptors (Lipinski definition) is 5. The van der Waals surface area contributed by atoms with Gasteiger partial charge in [0, 0.05) is 28.1 Å². The monoisotopic (exact) mass is 407 g/mol. The lowest BCUT2D eigenvalue weighted by Crippen LogP contribution is -2.36. The number of rotatable bonds is 4. The summed E-state index contributed by atoms with van der Waals surface area (Å²) in [6.45, 7) is 4.10. The molecule has 29 heavy (non-hydrogen) atoms. The predicted octanol–water partition coefficient (Wildman–Crippen LogP) is 4.65. The molecular formula is C22H21N3O3S. The van der Waals surface area contributed by atoms with E-state index in [1.807, 2.05) is 24.0 Å². The molecule has 2 amide bonds. The molecule has 0 unspecified atom stereocenters. The third-order valence-electron chi connectivity index (χ3n) is 5.49. The van der Waals surface area contributed by atoms with Crippen molar-refractivity contribution in [3.8, 4) is 11.3 Å². The van der Waals surface area contributed by atoms with Crippen LogP contribution in [-0.2, 0) is 11.2 Å². The molecule has 0 bridgehead atoms. The molecule has 0 radical (unpaired) electrons. The molecule has 2 aromatic heterocycles. The summed E-state index contributed by atoms with van der Waals surface area (Å²) in [5.74, 6) is 0.416. The Morgan fingerprint density at radius 3 is 2.83 bits per heavy atom. The van der Waals surface area contributed by atoms with Gasteiger partial charge >= 0.3 is 0 Å². The minimum atomic E-state index is -0.313. The summed E-state index contributed by atoms with van der Waals surface area (Å²) in [5.41, 5.74) is 4.06. The van der Waals surface area contributed by atoms with Crippen LogP contribution >= 0.6 is 11.3 Å². The lowest BCUT2D eigenvalue weighted by atomic mass is 10.0. The highest BCUT2D eigenvalue weighted by Gasteiger charge is 2.39. The van der Waals surface area contributed by atoms with Crippen LogP contribution in [0.2, 0.25) is 0 Å². The second-order valence-electron chi connectivity index (χ2n) is 7.73. The minimum absolute atomic E-state index is 0.188. The highest BCUT2D eigenvalue weighted by atomic mass is 32.1. The van der Waals surface area contributed by atoms with E-state index in [-0.39, 0.29) is 29.5 Å². The van der Waals surface area contributed by atoms with Crippen LogP contribution in [0.4, 0.5) is 10.8 Å². The number of furan rings is 1. The van der Waals surface area contributed by atoms with Crippen LogP contribution in [0.1, 0.15) is 40.8 Å². The van der Waals surface area contributed by atoms with Gasteiger partial charge in [-0.05, 0) is 62.9 Å². The molecule has 7 heteroatoms. The molecule has 3 aromatic rings. The second kappa shape index (κ2) is 6.84. The second-order valence-corrected chi connectivity index (χ2v) is 8.94. The summed E-state index contributed by atoms with van der Waals surface area (Å²) in [5, 5.41) is 3.34. The summed E-state index contributed by atoms with van der Waals surface area (Å²) in [4.78, 5) is 32.5. The van der Waals surface area contributed by atoms with Gasteiger partial charge in [-0.1, -0.05) is 6.07 Å². The van der Waals surface area contributed by atoms with Crippen molar-refractivity contribution in [3.05, 3.63) is 52.8 Å². The van der Waals surface area contributed by atoms with E-state index in [2.05, 4.69) is 23.3 Å². The first kappa shape index (κ1) is 18.1. The first-order chi connectivity index (χ1) is 14.0. The molecule has 1 aromatic carbocycles. The van der Waals surface area contributed by atoms with Gasteiger partial charge in [-0.25, -0.2) is 4.98 Å². The number of nitrogens with zero attached hydrogens (tertiary/aromatic N) is 2. The summed E-state index contributed by atoms with van der Waals surface area (Å²) < 4.78 is 5.13. The van der Waals surface area contributed by atoms with Crippen LogP contribution in [0.3, 0.4) is 0 Å². The number of hydrogen-bond donors (Lipinski definition) is 1. The van der Waals surface area contributed by atoms with Crippen molar-refractivity contribution < 1.29 is 14.0 Å². The van der Waals surface area contributed by atoms with Crippen molar-refractivity contribution >= 4 is 34.0 Å². The highest BCUT2D eigenvalue weighted by molar-refractivity contribution is 7.16.